The summed E-state index contributed by atoms with van der Waals surface area (Å²) in [5.74, 6) is 0. The zero-order chi connectivity index (χ0) is 17.4. The van der Waals surface area contributed by atoms with Crippen molar-refractivity contribution in [2.24, 2.45) is 0 Å². The molecule has 2 saturated heterocycles. The molecule has 3 aliphatic rings. The van der Waals surface area contributed by atoms with Crippen molar-refractivity contribution in [2.75, 3.05) is 44.3 Å². The van der Waals surface area contributed by atoms with Crippen molar-refractivity contribution >= 4 is 16.5 Å². The SMILES string of the molecule is c1ccc2c(c1)[C@@H](N1CCOCC1)CCC21CCN(c2nccs2)CC1. The molecule has 5 heteroatoms. The molecule has 3 heterocycles. The number of anilines is 1. The van der Waals surface area contributed by atoms with Crippen LogP contribution in [-0.2, 0) is 10.2 Å². The molecule has 1 aliphatic carbocycles. The van der Waals surface area contributed by atoms with Gasteiger partial charge in [-0.15, -0.1) is 11.3 Å². The molecule has 2 fully saturated rings. The van der Waals surface area contributed by atoms with Gasteiger partial charge in [0.25, 0.3) is 0 Å². The minimum absolute atomic E-state index is 0.368. The number of rotatable bonds is 2. The van der Waals surface area contributed by atoms with E-state index in [1.54, 1.807) is 22.5 Å². The van der Waals surface area contributed by atoms with Gasteiger partial charge in [-0.05, 0) is 42.2 Å². The van der Waals surface area contributed by atoms with Crippen molar-refractivity contribution in [3.05, 3.63) is 47.0 Å². The highest BCUT2D eigenvalue weighted by atomic mass is 32.1. The molecule has 4 nitrogen and oxygen atoms in total. The van der Waals surface area contributed by atoms with Crippen LogP contribution in [0.5, 0.6) is 0 Å². The van der Waals surface area contributed by atoms with E-state index in [9.17, 15) is 0 Å². The number of nitrogens with zero attached hydrogens (tertiary/aromatic N) is 3. The van der Waals surface area contributed by atoms with Crippen LogP contribution >= 0.6 is 11.3 Å². The Morgan fingerprint density at radius 2 is 1.85 bits per heavy atom. The summed E-state index contributed by atoms with van der Waals surface area (Å²) in [7, 11) is 0. The first kappa shape index (κ1) is 16.7. The fourth-order valence-electron chi connectivity index (χ4n) is 5.26. The van der Waals surface area contributed by atoms with Gasteiger partial charge in [-0.25, -0.2) is 4.98 Å². The molecule has 0 amide bonds. The molecule has 1 spiro atoms. The molecule has 5 rings (SSSR count). The Bertz CT molecular complexity index is 733. The molecule has 26 heavy (non-hydrogen) atoms. The minimum atomic E-state index is 0.368. The van der Waals surface area contributed by atoms with Crippen molar-refractivity contribution in [2.45, 2.75) is 37.1 Å². The maximum Gasteiger partial charge on any atom is 0.185 e. The molecular formula is C21H27N3OS. The summed E-state index contributed by atoms with van der Waals surface area (Å²) in [6.07, 6.45) is 7.03. The second-order valence-corrected chi connectivity index (χ2v) is 8.75. The van der Waals surface area contributed by atoms with Crippen LogP contribution in [0.1, 0.15) is 42.9 Å². The van der Waals surface area contributed by atoms with E-state index in [-0.39, 0.29) is 0 Å². The Hall–Kier alpha value is -1.43. The maximum absolute atomic E-state index is 5.58. The van der Waals surface area contributed by atoms with Gasteiger partial charge >= 0.3 is 0 Å². The molecule has 138 valence electrons. The van der Waals surface area contributed by atoms with Crippen molar-refractivity contribution in [3.8, 4) is 0 Å². The van der Waals surface area contributed by atoms with Crippen LogP contribution in [0.2, 0.25) is 0 Å². The number of thiazole rings is 1. The number of fused-ring (bicyclic) bond motifs is 2. The van der Waals surface area contributed by atoms with Gasteiger partial charge < -0.3 is 9.64 Å². The van der Waals surface area contributed by atoms with E-state index < -0.39 is 0 Å². The number of ether oxygens (including phenoxy) is 1. The van der Waals surface area contributed by atoms with Crippen LogP contribution in [0.25, 0.3) is 0 Å². The van der Waals surface area contributed by atoms with Gasteiger partial charge in [0, 0.05) is 43.8 Å². The van der Waals surface area contributed by atoms with Gasteiger partial charge in [-0.1, -0.05) is 24.3 Å². The highest BCUT2D eigenvalue weighted by Crippen LogP contribution is 2.49. The van der Waals surface area contributed by atoms with Crippen LogP contribution in [0.15, 0.2) is 35.8 Å². The average molecular weight is 370 g/mol. The predicted molar refractivity (Wildman–Crippen MR) is 106 cm³/mol. The van der Waals surface area contributed by atoms with Crippen molar-refractivity contribution in [1.29, 1.82) is 0 Å². The monoisotopic (exact) mass is 369 g/mol. The van der Waals surface area contributed by atoms with E-state index in [4.69, 9.17) is 4.74 Å². The molecular weight excluding hydrogens is 342 g/mol. The summed E-state index contributed by atoms with van der Waals surface area (Å²) >= 11 is 1.77. The lowest BCUT2D eigenvalue weighted by Gasteiger charge is -2.49. The zero-order valence-corrected chi connectivity index (χ0v) is 16.1. The largest absolute Gasteiger partial charge is 0.379 e. The first-order valence-corrected chi connectivity index (χ1v) is 10.8. The molecule has 1 aromatic carbocycles. The highest BCUT2D eigenvalue weighted by Gasteiger charge is 2.43. The van der Waals surface area contributed by atoms with Crippen molar-refractivity contribution < 1.29 is 4.74 Å². The number of hydrogen-bond acceptors (Lipinski definition) is 5. The summed E-state index contributed by atoms with van der Waals surface area (Å²) in [4.78, 5) is 9.65. The smallest absolute Gasteiger partial charge is 0.185 e. The Balaban J connectivity index is 1.40. The molecule has 0 bridgehead atoms. The Morgan fingerprint density at radius 1 is 1.04 bits per heavy atom. The molecule has 0 radical (unpaired) electrons. The van der Waals surface area contributed by atoms with Gasteiger partial charge in [0.15, 0.2) is 5.13 Å². The maximum atomic E-state index is 5.58. The molecule has 0 unspecified atom stereocenters. The highest BCUT2D eigenvalue weighted by molar-refractivity contribution is 7.13. The van der Waals surface area contributed by atoms with Gasteiger partial charge in [0.2, 0.25) is 0 Å². The van der Waals surface area contributed by atoms with E-state index in [2.05, 4.69) is 44.4 Å². The summed E-state index contributed by atoms with van der Waals surface area (Å²) in [5.41, 5.74) is 3.58. The van der Waals surface area contributed by atoms with Crippen LogP contribution < -0.4 is 4.90 Å². The molecule has 2 aliphatic heterocycles. The second kappa shape index (κ2) is 6.95. The number of piperidine rings is 1. The summed E-state index contributed by atoms with van der Waals surface area (Å²) in [6, 6.07) is 9.87. The number of benzene rings is 1. The Labute approximate surface area is 159 Å². The number of morpholine rings is 1. The fourth-order valence-corrected chi connectivity index (χ4v) is 5.96. The normalized spacial score (nSPS) is 26.0. The van der Waals surface area contributed by atoms with Gasteiger partial charge in [-0.2, -0.15) is 0 Å². The van der Waals surface area contributed by atoms with Crippen LogP contribution in [0.4, 0.5) is 5.13 Å². The zero-order valence-electron chi connectivity index (χ0n) is 15.3. The van der Waals surface area contributed by atoms with E-state index in [0.29, 0.717) is 11.5 Å². The van der Waals surface area contributed by atoms with Crippen LogP contribution in [-0.4, -0.2) is 49.3 Å². The van der Waals surface area contributed by atoms with E-state index >= 15 is 0 Å². The lowest BCUT2D eigenvalue weighted by atomic mass is 9.63. The number of aromatic nitrogens is 1. The minimum Gasteiger partial charge on any atom is -0.379 e. The van der Waals surface area contributed by atoms with Crippen molar-refractivity contribution in [1.82, 2.24) is 9.88 Å². The molecule has 2 aromatic rings. The first-order chi connectivity index (χ1) is 12.9. The summed E-state index contributed by atoms with van der Waals surface area (Å²) in [5, 5.41) is 3.28. The third-order valence-electron chi connectivity index (χ3n) is 6.68. The van der Waals surface area contributed by atoms with E-state index in [1.165, 1.54) is 30.8 Å². The predicted octanol–water partition coefficient (Wildman–Crippen LogP) is 3.85. The Kier molecular flexibility index (Phi) is 4.47. The summed E-state index contributed by atoms with van der Waals surface area (Å²) < 4.78 is 5.58. The molecule has 0 N–H and O–H groups in total. The standard InChI is InChI=1S/C21H27N3OS/c1-2-4-18-17(3-1)19(23-12-14-25-15-13-23)5-6-21(18)7-10-24(11-8-21)20-22-9-16-26-20/h1-4,9,16,19H,5-8,10-15H2/t19-/m0/s1. The quantitative estimate of drug-likeness (QED) is 0.804. The third kappa shape index (κ3) is 2.86. The third-order valence-corrected chi connectivity index (χ3v) is 7.52. The van der Waals surface area contributed by atoms with Gasteiger partial charge in [0.05, 0.1) is 13.2 Å². The summed E-state index contributed by atoms with van der Waals surface area (Å²) in [6.45, 7) is 6.17. The first-order valence-electron chi connectivity index (χ1n) is 9.91. The van der Waals surface area contributed by atoms with Crippen molar-refractivity contribution in [3.63, 3.8) is 0 Å². The van der Waals surface area contributed by atoms with E-state index in [1.807, 2.05) is 6.20 Å². The fraction of sp³-hybridized carbons (Fsp3) is 0.571. The Morgan fingerprint density at radius 3 is 2.62 bits per heavy atom. The topological polar surface area (TPSA) is 28.6 Å². The number of hydrogen-bond donors (Lipinski definition) is 0. The molecule has 0 saturated carbocycles. The lowest BCUT2D eigenvalue weighted by Crippen LogP contribution is -2.47. The van der Waals surface area contributed by atoms with Gasteiger partial charge in [-0.3, -0.25) is 4.90 Å². The van der Waals surface area contributed by atoms with E-state index in [0.717, 1.165) is 39.4 Å². The second-order valence-electron chi connectivity index (χ2n) is 7.87. The molecule has 1 atom stereocenters. The van der Waals surface area contributed by atoms with Crippen LogP contribution in [0.3, 0.4) is 0 Å². The van der Waals surface area contributed by atoms with Crippen LogP contribution in [0, 0.1) is 0 Å². The van der Waals surface area contributed by atoms with Gasteiger partial charge in [0.1, 0.15) is 0 Å². The lowest BCUT2D eigenvalue weighted by molar-refractivity contribution is 0.00872. The average Bonchev–Trinajstić information content (AvgIpc) is 3.25. The molecule has 1 aromatic heterocycles.